The maximum absolute atomic E-state index is 13.9. The van der Waals surface area contributed by atoms with E-state index in [1.54, 1.807) is 4.57 Å². The number of unbranched alkanes of at least 4 members (excludes halogenated alkanes) is 1. The second-order valence-corrected chi connectivity index (χ2v) is 9.47. The summed E-state index contributed by atoms with van der Waals surface area (Å²) < 4.78 is 20.5. The van der Waals surface area contributed by atoms with Gasteiger partial charge in [-0.25, -0.2) is 0 Å². The molecular weight excluding hydrogens is 486 g/mol. The molecule has 4 aromatic carbocycles. The molecule has 1 aromatic heterocycles. The summed E-state index contributed by atoms with van der Waals surface area (Å²) >= 11 is 0. The third-order valence-electron chi connectivity index (χ3n) is 6.59. The van der Waals surface area contributed by atoms with E-state index in [0.717, 1.165) is 40.4 Å². The van der Waals surface area contributed by atoms with Crippen molar-refractivity contribution < 1.29 is 14.2 Å². The van der Waals surface area contributed by atoms with E-state index in [2.05, 4.69) is 6.92 Å². The lowest BCUT2D eigenvalue weighted by Crippen LogP contribution is -2.24. The lowest BCUT2D eigenvalue weighted by molar-refractivity contribution is 0.253. The molecule has 5 nitrogen and oxygen atoms in total. The summed E-state index contributed by atoms with van der Waals surface area (Å²) in [6, 6.07) is 35.6. The van der Waals surface area contributed by atoms with Gasteiger partial charge in [-0.1, -0.05) is 104 Å². The molecular formula is C34H33NO4. The second-order valence-electron chi connectivity index (χ2n) is 9.47. The first kappa shape index (κ1) is 26.1. The number of pyridine rings is 1. The van der Waals surface area contributed by atoms with Gasteiger partial charge in [0, 0.05) is 18.0 Å². The van der Waals surface area contributed by atoms with Gasteiger partial charge >= 0.3 is 0 Å². The molecule has 0 aliphatic heterocycles. The monoisotopic (exact) mass is 519 g/mol. The number of hydrogen-bond acceptors (Lipinski definition) is 4. The van der Waals surface area contributed by atoms with Gasteiger partial charge in [-0.15, -0.1) is 0 Å². The number of hydrogen-bond donors (Lipinski definition) is 0. The maximum Gasteiger partial charge on any atom is 0.297 e. The van der Waals surface area contributed by atoms with Crippen LogP contribution in [0.5, 0.6) is 17.2 Å². The SMILES string of the molecule is CCCCn1c(=O)c(OCc2ccccc2)c(OCc2ccccc2)c2ccc(OCc3ccccc3)cc21. The molecule has 0 unspecified atom stereocenters. The highest BCUT2D eigenvalue weighted by atomic mass is 16.5. The average molecular weight is 520 g/mol. The topological polar surface area (TPSA) is 49.7 Å². The first-order chi connectivity index (χ1) is 19.2. The van der Waals surface area contributed by atoms with E-state index >= 15 is 0 Å². The van der Waals surface area contributed by atoms with Gasteiger partial charge in [0.1, 0.15) is 25.6 Å². The Bertz CT molecular complexity index is 1550. The molecule has 0 radical (unpaired) electrons. The summed E-state index contributed by atoms with van der Waals surface area (Å²) in [6.45, 7) is 3.74. The molecule has 0 saturated heterocycles. The molecule has 0 spiro atoms. The molecule has 0 bridgehead atoms. The molecule has 198 valence electrons. The third-order valence-corrected chi connectivity index (χ3v) is 6.59. The van der Waals surface area contributed by atoms with Crippen LogP contribution in [-0.4, -0.2) is 4.57 Å². The fourth-order valence-corrected chi connectivity index (χ4v) is 4.48. The minimum absolute atomic E-state index is 0.199. The first-order valence-electron chi connectivity index (χ1n) is 13.4. The van der Waals surface area contributed by atoms with Gasteiger partial charge in [0.05, 0.1) is 5.52 Å². The Kier molecular flexibility index (Phi) is 8.59. The maximum atomic E-state index is 13.9. The lowest BCUT2D eigenvalue weighted by atomic mass is 10.1. The highest BCUT2D eigenvalue weighted by Crippen LogP contribution is 2.36. The average Bonchev–Trinajstić information content (AvgIpc) is 2.99. The van der Waals surface area contributed by atoms with Crippen LogP contribution in [-0.2, 0) is 26.4 Å². The molecule has 5 rings (SSSR count). The number of fused-ring (bicyclic) bond motifs is 1. The molecule has 1 heterocycles. The lowest BCUT2D eigenvalue weighted by Gasteiger charge is -2.19. The molecule has 5 aromatic rings. The predicted octanol–water partition coefficient (Wildman–Crippen LogP) is 7.54. The van der Waals surface area contributed by atoms with E-state index in [0.29, 0.717) is 31.3 Å². The van der Waals surface area contributed by atoms with Crippen LogP contribution in [0.2, 0.25) is 0 Å². The van der Waals surface area contributed by atoms with Crippen LogP contribution < -0.4 is 19.8 Å². The quantitative estimate of drug-likeness (QED) is 0.171. The smallest absolute Gasteiger partial charge is 0.297 e. The van der Waals surface area contributed by atoms with Crippen LogP contribution >= 0.6 is 0 Å². The Morgan fingerprint density at radius 1 is 0.615 bits per heavy atom. The highest BCUT2D eigenvalue weighted by molar-refractivity contribution is 5.89. The minimum Gasteiger partial charge on any atom is -0.489 e. The summed E-state index contributed by atoms with van der Waals surface area (Å²) in [6.07, 6.45) is 1.83. The summed E-state index contributed by atoms with van der Waals surface area (Å²) in [5.74, 6) is 1.39. The van der Waals surface area contributed by atoms with Gasteiger partial charge < -0.3 is 18.8 Å². The van der Waals surface area contributed by atoms with Gasteiger partial charge in [-0.3, -0.25) is 4.79 Å². The third kappa shape index (κ3) is 6.50. The van der Waals surface area contributed by atoms with Crippen molar-refractivity contribution in [1.29, 1.82) is 0 Å². The minimum atomic E-state index is -0.199. The van der Waals surface area contributed by atoms with Gasteiger partial charge in [0.15, 0.2) is 5.75 Å². The molecule has 0 saturated carbocycles. The standard InChI is InChI=1S/C34H33NO4/c1-2-3-21-35-31-22-29(37-23-26-13-7-4-8-14-26)19-20-30(31)32(38-24-27-15-9-5-10-16-27)33(34(35)36)39-25-28-17-11-6-12-18-28/h4-20,22H,2-3,21,23-25H2,1H3. The molecule has 0 aliphatic carbocycles. The van der Waals surface area contributed by atoms with Crippen molar-refractivity contribution in [3.8, 4) is 17.2 Å². The van der Waals surface area contributed by atoms with Crippen molar-refractivity contribution in [2.45, 2.75) is 46.1 Å². The number of benzene rings is 4. The predicted molar refractivity (Wildman–Crippen MR) is 155 cm³/mol. The van der Waals surface area contributed by atoms with E-state index in [4.69, 9.17) is 14.2 Å². The van der Waals surface area contributed by atoms with Crippen LogP contribution in [0.15, 0.2) is 114 Å². The summed E-state index contributed by atoms with van der Waals surface area (Å²) in [7, 11) is 0. The van der Waals surface area contributed by atoms with E-state index in [1.165, 1.54) is 0 Å². The Labute approximate surface area is 229 Å². The van der Waals surface area contributed by atoms with Crippen LogP contribution in [0.3, 0.4) is 0 Å². The largest absolute Gasteiger partial charge is 0.489 e. The van der Waals surface area contributed by atoms with Crippen molar-refractivity contribution in [3.05, 3.63) is 136 Å². The van der Waals surface area contributed by atoms with Gasteiger partial charge in [-0.05, 0) is 35.2 Å². The van der Waals surface area contributed by atoms with Crippen LogP contribution in [0, 0.1) is 0 Å². The van der Waals surface area contributed by atoms with Crippen molar-refractivity contribution in [2.75, 3.05) is 0 Å². The molecule has 0 fully saturated rings. The normalized spacial score (nSPS) is 10.9. The fraction of sp³-hybridized carbons (Fsp3) is 0.206. The Balaban J connectivity index is 1.56. The van der Waals surface area contributed by atoms with Gasteiger partial charge in [-0.2, -0.15) is 0 Å². The Morgan fingerprint density at radius 2 is 1.13 bits per heavy atom. The van der Waals surface area contributed by atoms with Crippen LogP contribution in [0.25, 0.3) is 10.9 Å². The van der Waals surface area contributed by atoms with Crippen LogP contribution in [0.1, 0.15) is 36.5 Å². The molecule has 0 N–H and O–H groups in total. The summed E-state index contributed by atoms with van der Waals surface area (Å²) in [5, 5.41) is 0.816. The summed E-state index contributed by atoms with van der Waals surface area (Å²) in [5.41, 5.74) is 3.65. The highest BCUT2D eigenvalue weighted by Gasteiger charge is 2.21. The number of ether oxygens (including phenoxy) is 3. The number of aromatic nitrogens is 1. The fourth-order valence-electron chi connectivity index (χ4n) is 4.48. The van der Waals surface area contributed by atoms with Crippen LogP contribution in [0.4, 0.5) is 0 Å². The van der Waals surface area contributed by atoms with Crippen molar-refractivity contribution >= 4 is 10.9 Å². The number of nitrogens with zero attached hydrogens (tertiary/aromatic N) is 1. The molecule has 0 aliphatic rings. The van der Waals surface area contributed by atoms with Gasteiger partial charge in [0.25, 0.3) is 5.56 Å². The number of aryl methyl sites for hydroxylation is 1. The first-order valence-corrected chi connectivity index (χ1v) is 13.4. The van der Waals surface area contributed by atoms with E-state index in [-0.39, 0.29) is 17.9 Å². The summed E-state index contributed by atoms with van der Waals surface area (Å²) in [4.78, 5) is 13.9. The number of rotatable bonds is 12. The van der Waals surface area contributed by atoms with Gasteiger partial charge in [0.2, 0.25) is 5.75 Å². The van der Waals surface area contributed by atoms with E-state index < -0.39 is 0 Å². The zero-order valence-electron chi connectivity index (χ0n) is 22.2. The van der Waals surface area contributed by atoms with Crippen molar-refractivity contribution in [1.82, 2.24) is 4.57 Å². The second kappa shape index (κ2) is 12.8. The molecule has 39 heavy (non-hydrogen) atoms. The zero-order valence-corrected chi connectivity index (χ0v) is 22.2. The Hall–Kier alpha value is -4.51. The zero-order chi connectivity index (χ0) is 26.9. The molecule has 0 amide bonds. The van der Waals surface area contributed by atoms with E-state index in [9.17, 15) is 4.79 Å². The van der Waals surface area contributed by atoms with Crippen molar-refractivity contribution in [3.63, 3.8) is 0 Å². The Morgan fingerprint density at radius 3 is 1.67 bits per heavy atom. The molecule has 0 atom stereocenters. The van der Waals surface area contributed by atoms with Crippen molar-refractivity contribution in [2.24, 2.45) is 0 Å². The molecule has 5 heteroatoms. The van der Waals surface area contributed by atoms with E-state index in [1.807, 2.05) is 109 Å².